The SMILES string of the molecule is CC(C)C(O)CCNC(=O)NCc1ccccc1OC(C)(C)C. The Morgan fingerprint density at radius 1 is 1.22 bits per heavy atom. The fraction of sp³-hybridized carbons (Fsp3) is 0.611. The third-order valence-corrected chi connectivity index (χ3v) is 3.32. The molecular formula is C18H30N2O3. The number of nitrogens with one attached hydrogen (secondary N) is 2. The molecule has 130 valence electrons. The molecule has 1 rings (SSSR count). The highest BCUT2D eigenvalue weighted by Gasteiger charge is 2.14. The van der Waals surface area contributed by atoms with Gasteiger partial charge in [-0.3, -0.25) is 0 Å². The fourth-order valence-corrected chi connectivity index (χ4v) is 1.98. The molecule has 0 saturated carbocycles. The van der Waals surface area contributed by atoms with Crippen molar-refractivity contribution in [1.29, 1.82) is 0 Å². The first-order valence-corrected chi connectivity index (χ1v) is 8.15. The molecule has 0 saturated heterocycles. The number of aliphatic hydroxyl groups excluding tert-OH is 1. The van der Waals surface area contributed by atoms with E-state index in [1.165, 1.54) is 0 Å². The number of carbonyl (C=O) groups is 1. The van der Waals surface area contributed by atoms with Crippen molar-refractivity contribution in [2.24, 2.45) is 5.92 Å². The van der Waals surface area contributed by atoms with Crippen LogP contribution in [0, 0.1) is 5.92 Å². The van der Waals surface area contributed by atoms with Crippen LogP contribution in [-0.4, -0.2) is 29.4 Å². The molecule has 3 N–H and O–H groups in total. The molecule has 0 heterocycles. The minimum atomic E-state index is -0.392. The summed E-state index contributed by atoms with van der Waals surface area (Å²) in [6.07, 6.45) is 0.158. The zero-order chi connectivity index (χ0) is 17.5. The van der Waals surface area contributed by atoms with Crippen LogP contribution in [-0.2, 0) is 6.54 Å². The van der Waals surface area contributed by atoms with E-state index in [9.17, 15) is 9.90 Å². The van der Waals surface area contributed by atoms with Gasteiger partial charge in [-0.25, -0.2) is 4.79 Å². The first-order valence-electron chi connectivity index (χ1n) is 8.15. The Bertz CT molecular complexity index is 495. The second-order valence-electron chi connectivity index (χ2n) is 7.03. The van der Waals surface area contributed by atoms with Crippen LogP contribution < -0.4 is 15.4 Å². The van der Waals surface area contributed by atoms with E-state index in [1.54, 1.807) is 0 Å². The number of urea groups is 1. The highest BCUT2D eigenvalue weighted by atomic mass is 16.5. The smallest absolute Gasteiger partial charge is 0.315 e. The van der Waals surface area contributed by atoms with E-state index < -0.39 is 6.10 Å². The number of para-hydroxylation sites is 1. The lowest BCUT2D eigenvalue weighted by molar-refractivity contribution is 0.116. The van der Waals surface area contributed by atoms with Gasteiger partial charge < -0.3 is 20.5 Å². The van der Waals surface area contributed by atoms with E-state index in [0.29, 0.717) is 19.5 Å². The van der Waals surface area contributed by atoms with Crippen LogP contribution in [0.15, 0.2) is 24.3 Å². The number of hydrogen-bond donors (Lipinski definition) is 3. The Hall–Kier alpha value is -1.75. The molecule has 0 aliphatic rings. The summed E-state index contributed by atoms with van der Waals surface area (Å²) < 4.78 is 5.90. The predicted molar refractivity (Wildman–Crippen MR) is 92.5 cm³/mol. The quantitative estimate of drug-likeness (QED) is 0.722. The third-order valence-electron chi connectivity index (χ3n) is 3.32. The summed E-state index contributed by atoms with van der Waals surface area (Å²) in [6, 6.07) is 7.43. The molecule has 0 aliphatic heterocycles. The lowest BCUT2D eigenvalue weighted by Gasteiger charge is -2.23. The number of amides is 2. The van der Waals surface area contributed by atoms with Crippen LogP contribution in [0.4, 0.5) is 4.79 Å². The third kappa shape index (κ3) is 7.88. The van der Waals surface area contributed by atoms with Gasteiger partial charge in [0.2, 0.25) is 0 Å². The number of carbonyl (C=O) groups excluding carboxylic acids is 1. The number of hydrogen-bond acceptors (Lipinski definition) is 3. The van der Waals surface area contributed by atoms with Gasteiger partial charge in [0.15, 0.2) is 0 Å². The molecule has 0 aliphatic carbocycles. The highest BCUT2D eigenvalue weighted by Crippen LogP contribution is 2.22. The summed E-state index contributed by atoms with van der Waals surface area (Å²) in [6.45, 7) is 10.7. The van der Waals surface area contributed by atoms with E-state index in [2.05, 4.69) is 10.6 Å². The molecule has 5 heteroatoms. The van der Waals surface area contributed by atoms with Gasteiger partial charge in [0, 0.05) is 18.7 Å². The van der Waals surface area contributed by atoms with Crippen LogP contribution in [0.1, 0.15) is 46.6 Å². The first kappa shape index (κ1) is 19.3. The maximum atomic E-state index is 11.8. The van der Waals surface area contributed by atoms with Gasteiger partial charge >= 0.3 is 6.03 Å². The van der Waals surface area contributed by atoms with Crippen LogP contribution in [0.2, 0.25) is 0 Å². The van der Waals surface area contributed by atoms with Crippen molar-refractivity contribution in [3.05, 3.63) is 29.8 Å². The molecular weight excluding hydrogens is 292 g/mol. The van der Waals surface area contributed by atoms with Crippen LogP contribution in [0.3, 0.4) is 0 Å². The van der Waals surface area contributed by atoms with E-state index in [1.807, 2.05) is 58.9 Å². The Morgan fingerprint density at radius 3 is 2.48 bits per heavy atom. The highest BCUT2D eigenvalue weighted by molar-refractivity contribution is 5.73. The van der Waals surface area contributed by atoms with Crippen molar-refractivity contribution in [2.45, 2.75) is 59.3 Å². The zero-order valence-corrected chi connectivity index (χ0v) is 14.8. The molecule has 2 amide bonds. The van der Waals surface area contributed by atoms with Crippen molar-refractivity contribution in [3.8, 4) is 5.75 Å². The molecule has 0 radical (unpaired) electrons. The maximum absolute atomic E-state index is 11.8. The van der Waals surface area contributed by atoms with Crippen molar-refractivity contribution >= 4 is 6.03 Å². The molecule has 5 nitrogen and oxygen atoms in total. The second kappa shape index (κ2) is 8.77. The van der Waals surface area contributed by atoms with Gasteiger partial charge in [-0.05, 0) is 39.2 Å². The van der Waals surface area contributed by atoms with Crippen molar-refractivity contribution in [3.63, 3.8) is 0 Å². The predicted octanol–water partition coefficient (Wildman–Crippen LogP) is 3.07. The molecule has 23 heavy (non-hydrogen) atoms. The summed E-state index contributed by atoms with van der Waals surface area (Å²) in [5.41, 5.74) is 0.644. The van der Waals surface area contributed by atoms with Gasteiger partial charge in [0.05, 0.1) is 6.10 Å². The Kier molecular flexibility index (Phi) is 7.36. The molecule has 1 atom stereocenters. The van der Waals surface area contributed by atoms with Crippen LogP contribution in [0.5, 0.6) is 5.75 Å². The van der Waals surface area contributed by atoms with Gasteiger partial charge in [0.25, 0.3) is 0 Å². The van der Waals surface area contributed by atoms with Gasteiger partial charge in [0.1, 0.15) is 11.4 Å². The minimum Gasteiger partial charge on any atom is -0.488 e. The minimum absolute atomic E-state index is 0.196. The summed E-state index contributed by atoms with van der Waals surface area (Å²) in [4.78, 5) is 11.8. The number of rotatable bonds is 7. The monoisotopic (exact) mass is 322 g/mol. The standard InChI is InChI=1S/C18H30N2O3/c1-13(2)15(21)10-11-19-17(22)20-12-14-8-6-7-9-16(14)23-18(3,4)5/h6-9,13,15,21H,10-12H2,1-5H3,(H2,19,20,22). The number of aliphatic hydroxyl groups is 1. The second-order valence-corrected chi connectivity index (χ2v) is 7.03. The molecule has 0 fully saturated rings. The average molecular weight is 322 g/mol. The average Bonchev–Trinajstić information content (AvgIpc) is 2.44. The first-order chi connectivity index (χ1) is 10.7. The largest absolute Gasteiger partial charge is 0.488 e. The lowest BCUT2D eigenvalue weighted by atomic mass is 10.0. The van der Waals surface area contributed by atoms with E-state index in [0.717, 1.165) is 11.3 Å². The summed E-state index contributed by atoms with van der Waals surface area (Å²) in [5.74, 6) is 0.969. The normalized spacial score (nSPS) is 12.8. The molecule has 0 spiro atoms. The fourth-order valence-electron chi connectivity index (χ4n) is 1.98. The molecule has 0 bridgehead atoms. The molecule has 1 unspecified atom stereocenters. The maximum Gasteiger partial charge on any atom is 0.315 e. The molecule has 0 aromatic heterocycles. The van der Waals surface area contributed by atoms with Crippen molar-refractivity contribution in [1.82, 2.24) is 10.6 Å². The Balaban J connectivity index is 2.44. The van der Waals surface area contributed by atoms with Crippen molar-refractivity contribution in [2.75, 3.05) is 6.54 Å². The molecule has 1 aromatic carbocycles. The summed E-state index contributed by atoms with van der Waals surface area (Å²) in [5, 5.41) is 15.3. The van der Waals surface area contributed by atoms with E-state index >= 15 is 0 Å². The summed E-state index contributed by atoms with van der Waals surface area (Å²) >= 11 is 0. The number of ether oxygens (including phenoxy) is 1. The topological polar surface area (TPSA) is 70.6 Å². The van der Waals surface area contributed by atoms with Crippen molar-refractivity contribution < 1.29 is 14.6 Å². The van der Waals surface area contributed by atoms with Gasteiger partial charge in [-0.2, -0.15) is 0 Å². The van der Waals surface area contributed by atoms with Gasteiger partial charge in [-0.1, -0.05) is 32.0 Å². The van der Waals surface area contributed by atoms with E-state index in [4.69, 9.17) is 4.74 Å². The van der Waals surface area contributed by atoms with Crippen LogP contribution >= 0.6 is 0 Å². The van der Waals surface area contributed by atoms with Crippen LogP contribution in [0.25, 0.3) is 0 Å². The van der Waals surface area contributed by atoms with E-state index in [-0.39, 0.29) is 17.6 Å². The lowest BCUT2D eigenvalue weighted by Crippen LogP contribution is -2.37. The van der Waals surface area contributed by atoms with Gasteiger partial charge in [-0.15, -0.1) is 0 Å². The number of benzene rings is 1. The molecule has 1 aromatic rings. The summed E-state index contributed by atoms with van der Waals surface area (Å²) in [7, 11) is 0. The Morgan fingerprint density at radius 2 is 1.87 bits per heavy atom. The Labute approximate surface area is 139 Å². The zero-order valence-electron chi connectivity index (χ0n) is 14.8.